The van der Waals surface area contributed by atoms with Gasteiger partial charge in [0, 0.05) is 25.2 Å². The molecule has 0 aromatic heterocycles. The smallest absolute Gasteiger partial charge is 0.163 e. The minimum atomic E-state index is -0.786. The van der Waals surface area contributed by atoms with Crippen molar-refractivity contribution in [1.82, 2.24) is 4.90 Å². The van der Waals surface area contributed by atoms with Gasteiger partial charge in [-0.2, -0.15) is 0 Å². The van der Waals surface area contributed by atoms with Gasteiger partial charge in [-0.3, -0.25) is 4.90 Å². The van der Waals surface area contributed by atoms with Crippen LogP contribution in [0.3, 0.4) is 0 Å². The lowest BCUT2D eigenvalue weighted by molar-refractivity contribution is 0.263. The van der Waals surface area contributed by atoms with Crippen molar-refractivity contribution in [3.8, 4) is 0 Å². The SMILES string of the molecule is CCCCN(CCN)Cc1cccc(F)c1F. The van der Waals surface area contributed by atoms with Gasteiger partial charge in [-0.1, -0.05) is 25.5 Å². The average Bonchev–Trinajstić information content (AvgIpc) is 2.32. The van der Waals surface area contributed by atoms with Crippen LogP contribution in [0.15, 0.2) is 18.2 Å². The number of rotatable bonds is 7. The second-order valence-electron chi connectivity index (χ2n) is 4.13. The standard InChI is InChI=1S/C13H20F2N2/c1-2-3-8-17(9-7-16)10-11-5-4-6-12(14)13(11)15/h4-6H,2-3,7-10,16H2,1H3. The predicted octanol–water partition coefficient (Wildman–Crippen LogP) is 2.53. The first-order valence-corrected chi connectivity index (χ1v) is 6.04. The van der Waals surface area contributed by atoms with Gasteiger partial charge in [0.05, 0.1) is 0 Å². The number of nitrogens with two attached hydrogens (primary N) is 1. The first-order valence-electron chi connectivity index (χ1n) is 6.04. The summed E-state index contributed by atoms with van der Waals surface area (Å²) >= 11 is 0. The summed E-state index contributed by atoms with van der Waals surface area (Å²) in [4.78, 5) is 2.06. The first kappa shape index (κ1) is 14.1. The Labute approximate surface area is 101 Å². The van der Waals surface area contributed by atoms with Crippen molar-refractivity contribution in [1.29, 1.82) is 0 Å². The summed E-state index contributed by atoms with van der Waals surface area (Å²) in [5, 5.41) is 0. The molecule has 0 fully saturated rings. The summed E-state index contributed by atoms with van der Waals surface area (Å²) in [6, 6.07) is 4.29. The summed E-state index contributed by atoms with van der Waals surface area (Å²) in [5.74, 6) is -1.53. The lowest BCUT2D eigenvalue weighted by Gasteiger charge is -2.21. The third-order valence-electron chi connectivity index (χ3n) is 2.70. The van der Waals surface area contributed by atoms with Gasteiger partial charge in [0.2, 0.25) is 0 Å². The Morgan fingerprint density at radius 1 is 1.24 bits per heavy atom. The van der Waals surface area contributed by atoms with E-state index >= 15 is 0 Å². The topological polar surface area (TPSA) is 29.3 Å². The fraction of sp³-hybridized carbons (Fsp3) is 0.538. The fourth-order valence-electron chi connectivity index (χ4n) is 1.75. The molecular formula is C13H20F2N2. The molecule has 0 spiro atoms. The third kappa shape index (κ3) is 4.40. The van der Waals surface area contributed by atoms with Crippen molar-refractivity contribution in [2.45, 2.75) is 26.3 Å². The van der Waals surface area contributed by atoms with Crippen LogP contribution >= 0.6 is 0 Å². The van der Waals surface area contributed by atoms with Crippen molar-refractivity contribution in [2.75, 3.05) is 19.6 Å². The van der Waals surface area contributed by atoms with Crippen LogP contribution in [0.1, 0.15) is 25.3 Å². The van der Waals surface area contributed by atoms with Crippen molar-refractivity contribution < 1.29 is 8.78 Å². The van der Waals surface area contributed by atoms with Crippen LogP contribution in [-0.2, 0) is 6.54 Å². The molecule has 96 valence electrons. The van der Waals surface area contributed by atoms with E-state index in [1.165, 1.54) is 6.07 Å². The molecule has 17 heavy (non-hydrogen) atoms. The number of halogens is 2. The van der Waals surface area contributed by atoms with E-state index in [0.29, 0.717) is 25.2 Å². The highest BCUT2D eigenvalue weighted by Gasteiger charge is 2.11. The minimum Gasteiger partial charge on any atom is -0.329 e. The van der Waals surface area contributed by atoms with Crippen molar-refractivity contribution in [2.24, 2.45) is 5.73 Å². The van der Waals surface area contributed by atoms with Gasteiger partial charge in [-0.15, -0.1) is 0 Å². The minimum absolute atomic E-state index is 0.398. The second-order valence-corrected chi connectivity index (χ2v) is 4.13. The van der Waals surface area contributed by atoms with Crippen molar-refractivity contribution in [3.05, 3.63) is 35.4 Å². The zero-order chi connectivity index (χ0) is 12.7. The summed E-state index contributed by atoms with van der Waals surface area (Å²) < 4.78 is 26.5. The molecule has 0 saturated carbocycles. The number of hydrogen-bond donors (Lipinski definition) is 1. The molecule has 1 rings (SSSR count). The number of nitrogens with zero attached hydrogens (tertiary/aromatic N) is 1. The Morgan fingerprint density at radius 2 is 2.00 bits per heavy atom. The van der Waals surface area contributed by atoms with Gasteiger partial charge >= 0.3 is 0 Å². The van der Waals surface area contributed by atoms with Crippen molar-refractivity contribution >= 4 is 0 Å². The Bertz CT molecular complexity index is 342. The van der Waals surface area contributed by atoms with Crippen molar-refractivity contribution in [3.63, 3.8) is 0 Å². The van der Waals surface area contributed by atoms with E-state index in [0.717, 1.165) is 25.5 Å². The first-order chi connectivity index (χ1) is 8.19. The number of hydrogen-bond acceptors (Lipinski definition) is 2. The second kappa shape index (κ2) is 7.35. The molecule has 2 N–H and O–H groups in total. The molecule has 0 saturated heterocycles. The van der Waals surface area contributed by atoms with E-state index in [1.54, 1.807) is 6.07 Å². The average molecular weight is 242 g/mol. The van der Waals surface area contributed by atoms with E-state index in [4.69, 9.17) is 5.73 Å². The van der Waals surface area contributed by atoms with E-state index in [2.05, 4.69) is 11.8 Å². The van der Waals surface area contributed by atoms with Crippen LogP contribution in [0.2, 0.25) is 0 Å². The molecule has 0 aliphatic rings. The normalized spacial score (nSPS) is 11.1. The summed E-state index contributed by atoms with van der Waals surface area (Å²) in [5.41, 5.74) is 5.91. The molecule has 1 aromatic rings. The van der Waals surface area contributed by atoms with Gasteiger partial charge in [0.1, 0.15) is 0 Å². The molecule has 0 radical (unpaired) electrons. The molecule has 0 amide bonds. The zero-order valence-electron chi connectivity index (χ0n) is 10.3. The number of unbranched alkanes of at least 4 members (excludes halogenated alkanes) is 1. The van der Waals surface area contributed by atoms with Crippen LogP contribution in [0.4, 0.5) is 8.78 Å². The molecule has 0 unspecified atom stereocenters. The van der Waals surface area contributed by atoms with Gasteiger partial charge < -0.3 is 5.73 Å². The molecular weight excluding hydrogens is 222 g/mol. The highest BCUT2D eigenvalue weighted by Crippen LogP contribution is 2.13. The summed E-state index contributed by atoms with van der Waals surface area (Å²) in [7, 11) is 0. The van der Waals surface area contributed by atoms with Gasteiger partial charge in [0.15, 0.2) is 11.6 Å². The van der Waals surface area contributed by atoms with Crippen LogP contribution in [-0.4, -0.2) is 24.5 Å². The third-order valence-corrected chi connectivity index (χ3v) is 2.70. The van der Waals surface area contributed by atoms with E-state index < -0.39 is 11.6 Å². The molecule has 1 aromatic carbocycles. The summed E-state index contributed by atoms with van der Waals surface area (Å²) in [6.45, 7) is 4.62. The maximum Gasteiger partial charge on any atom is 0.163 e. The lowest BCUT2D eigenvalue weighted by atomic mass is 10.2. The largest absolute Gasteiger partial charge is 0.329 e. The lowest BCUT2D eigenvalue weighted by Crippen LogP contribution is -2.30. The Kier molecular flexibility index (Phi) is 6.08. The van der Waals surface area contributed by atoms with Gasteiger partial charge in [-0.05, 0) is 19.0 Å². The van der Waals surface area contributed by atoms with E-state index in [1.807, 2.05) is 0 Å². The monoisotopic (exact) mass is 242 g/mol. The molecule has 0 bridgehead atoms. The molecule has 4 heteroatoms. The molecule has 0 aliphatic heterocycles. The summed E-state index contributed by atoms with van der Waals surface area (Å²) in [6.07, 6.45) is 2.11. The van der Waals surface area contributed by atoms with E-state index in [9.17, 15) is 8.78 Å². The van der Waals surface area contributed by atoms with Crippen LogP contribution in [0.5, 0.6) is 0 Å². The quantitative estimate of drug-likeness (QED) is 0.796. The zero-order valence-corrected chi connectivity index (χ0v) is 10.3. The predicted molar refractivity (Wildman–Crippen MR) is 65.6 cm³/mol. The molecule has 0 atom stereocenters. The van der Waals surface area contributed by atoms with Gasteiger partial charge in [-0.25, -0.2) is 8.78 Å². The van der Waals surface area contributed by atoms with Gasteiger partial charge in [0.25, 0.3) is 0 Å². The van der Waals surface area contributed by atoms with E-state index in [-0.39, 0.29) is 0 Å². The Morgan fingerprint density at radius 3 is 2.65 bits per heavy atom. The van der Waals surface area contributed by atoms with Crippen LogP contribution in [0.25, 0.3) is 0 Å². The Hall–Kier alpha value is -1.00. The Balaban J connectivity index is 2.67. The highest BCUT2D eigenvalue weighted by atomic mass is 19.2. The molecule has 0 heterocycles. The van der Waals surface area contributed by atoms with Crippen LogP contribution < -0.4 is 5.73 Å². The highest BCUT2D eigenvalue weighted by molar-refractivity contribution is 5.18. The maximum absolute atomic E-state index is 13.5. The fourth-order valence-corrected chi connectivity index (χ4v) is 1.75. The maximum atomic E-state index is 13.5. The molecule has 2 nitrogen and oxygen atoms in total. The molecule has 0 aliphatic carbocycles. The number of benzene rings is 1. The van der Waals surface area contributed by atoms with Crippen LogP contribution in [0, 0.1) is 11.6 Å².